The van der Waals surface area contributed by atoms with E-state index in [2.05, 4.69) is 0 Å². The third-order valence-electron chi connectivity index (χ3n) is 6.88. The van der Waals surface area contributed by atoms with Crippen LogP contribution in [0.3, 0.4) is 0 Å². The number of para-hydroxylation sites is 1. The lowest BCUT2D eigenvalue weighted by atomic mass is 9.90. The van der Waals surface area contributed by atoms with E-state index >= 15 is 0 Å². The van der Waals surface area contributed by atoms with Gasteiger partial charge in [0.2, 0.25) is 5.91 Å². The summed E-state index contributed by atoms with van der Waals surface area (Å²) >= 11 is 0. The number of amides is 2. The Morgan fingerprint density at radius 2 is 1.41 bits per heavy atom. The third-order valence-corrected chi connectivity index (χ3v) is 8.15. The Morgan fingerprint density at radius 3 is 2.07 bits per heavy atom. The summed E-state index contributed by atoms with van der Waals surface area (Å²) in [6, 6.07) is 27.0. The van der Waals surface area contributed by atoms with Crippen LogP contribution >= 0.6 is 0 Å². The molecule has 4 aromatic carbocycles. The average molecular weight is 572 g/mol. The fraction of sp³-hybridized carbons (Fsp3) is 0.103. The summed E-state index contributed by atoms with van der Waals surface area (Å²) in [7, 11) is -4.08. The zero-order valence-electron chi connectivity index (χ0n) is 21.1. The maximum Gasteiger partial charge on any atom is 0.339 e. The quantitative estimate of drug-likeness (QED) is 0.137. The van der Waals surface area contributed by atoms with Crippen LogP contribution in [-0.2, 0) is 24.5 Å². The molecule has 6 rings (SSSR count). The predicted octanol–water partition coefficient (Wildman–Crippen LogP) is 4.41. The molecule has 0 bridgehead atoms. The standard InChI is InChI=1S/C29H21N3O8S/c33-28-25-26(19-14-16-23(17-15-19)40-41(37,38)24-12-5-2-6-13-24)31(21-10-7-11-22(18-21)32(35)36)39-27(25)29(34)30(28)20-8-3-1-4-9-20/h1-18,25-27H/t25-,26+,27+/m1/s1. The first kappa shape index (κ1) is 26.2. The van der Waals surface area contributed by atoms with Crippen molar-refractivity contribution in [2.24, 2.45) is 5.92 Å². The highest BCUT2D eigenvalue weighted by Crippen LogP contribution is 2.48. The highest BCUT2D eigenvalue weighted by atomic mass is 32.2. The predicted molar refractivity (Wildman–Crippen MR) is 146 cm³/mol. The van der Waals surface area contributed by atoms with Crippen LogP contribution in [0.15, 0.2) is 114 Å². The van der Waals surface area contributed by atoms with E-state index in [0.717, 1.165) is 4.90 Å². The molecule has 11 nitrogen and oxygen atoms in total. The molecule has 4 aromatic rings. The number of fused-ring (bicyclic) bond motifs is 1. The molecule has 206 valence electrons. The molecular formula is C29H21N3O8S. The van der Waals surface area contributed by atoms with Crippen LogP contribution in [0.25, 0.3) is 0 Å². The molecule has 12 heteroatoms. The van der Waals surface area contributed by atoms with E-state index in [1.54, 1.807) is 66.7 Å². The van der Waals surface area contributed by atoms with E-state index in [-0.39, 0.29) is 22.0 Å². The Bertz CT molecular complexity index is 1750. The van der Waals surface area contributed by atoms with Crippen LogP contribution in [-0.4, -0.2) is 31.3 Å². The molecule has 2 fully saturated rings. The van der Waals surface area contributed by atoms with Crippen LogP contribution in [0.2, 0.25) is 0 Å². The number of nitrogens with zero attached hydrogens (tertiary/aromatic N) is 3. The molecule has 0 radical (unpaired) electrons. The number of non-ortho nitro benzene ring substituents is 1. The number of nitro benzene ring substituents is 1. The van der Waals surface area contributed by atoms with Crippen molar-refractivity contribution in [2.45, 2.75) is 17.0 Å². The molecule has 0 saturated carbocycles. The largest absolute Gasteiger partial charge is 0.379 e. The average Bonchev–Trinajstić information content (AvgIpc) is 3.49. The Hall–Kier alpha value is -5.07. The number of rotatable bonds is 7. The first-order valence-corrected chi connectivity index (χ1v) is 13.9. The van der Waals surface area contributed by atoms with Crippen molar-refractivity contribution >= 4 is 39.0 Å². The lowest BCUT2D eigenvalue weighted by molar-refractivity contribution is -0.384. The number of hydrogen-bond donors (Lipinski definition) is 0. The number of anilines is 2. The van der Waals surface area contributed by atoms with E-state index < -0.39 is 44.9 Å². The topological polar surface area (TPSA) is 136 Å². The molecule has 0 N–H and O–H groups in total. The summed E-state index contributed by atoms with van der Waals surface area (Å²) in [5.74, 6) is -1.99. The molecule has 0 unspecified atom stereocenters. The van der Waals surface area contributed by atoms with Gasteiger partial charge in [-0.1, -0.05) is 54.6 Å². The number of carbonyl (C=O) groups is 2. The van der Waals surface area contributed by atoms with Crippen molar-refractivity contribution in [3.05, 3.63) is 125 Å². The highest BCUT2D eigenvalue weighted by Gasteiger charge is 2.60. The first-order valence-electron chi connectivity index (χ1n) is 12.5. The number of imide groups is 1. The van der Waals surface area contributed by atoms with Gasteiger partial charge in [0, 0.05) is 12.1 Å². The lowest BCUT2D eigenvalue weighted by Gasteiger charge is -2.28. The van der Waals surface area contributed by atoms with Crippen molar-refractivity contribution in [1.82, 2.24) is 0 Å². The maximum atomic E-state index is 13.7. The maximum absolute atomic E-state index is 13.7. The fourth-order valence-electron chi connectivity index (χ4n) is 5.03. The molecule has 41 heavy (non-hydrogen) atoms. The zero-order chi connectivity index (χ0) is 28.7. The molecule has 2 heterocycles. The normalized spacial score (nSPS) is 20.2. The summed E-state index contributed by atoms with van der Waals surface area (Å²) in [5.41, 5.74) is 0.985. The zero-order valence-corrected chi connectivity index (χ0v) is 22.0. The van der Waals surface area contributed by atoms with Crippen molar-refractivity contribution in [1.29, 1.82) is 0 Å². The smallest absolute Gasteiger partial charge is 0.339 e. The molecule has 0 spiro atoms. The SMILES string of the molecule is O=C1[C@H]2[C@H](ON(c3cccc([N+](=O)[O-])c3)[C@H]2c2ccc(OS(=O)(=O)c3ccccc3)cc2)C(=O)N1c1ccccc1. The van der Waals surface area contributed by atoms with Crippen molar-refractivity contribution in [3.8, 4) is 5.75 Å². The molecular weight excluding hydrogens is 550 g/mol. The van der Waals surface area contributed by atoms with E-state index in [0.29, 0.717) is 11.3 Å². The number of carbonyl (C=O) groups excluding carboxylic acids is 2. The molecule has 2 aliphatic heterocycles. The Labute approximate surface area is 234 Å². The van der Waals surface area contributed by atoms with E-state index in [9.17, 15) is 28.1 Å². The van der Waals surface area contributed by atoms with Crippen LogP contribution in [0.5, 0.6) is 5.75 Å². The molecule has 2 saturated heterocycles. The number of benzene rings is 4. The van der Waals surface area contributed by atoms with Gasteiger partial charge in [-0.15, -0.1) is 0 Å². The number of hydroxylamine groups is 1. The van der Waals surface area contributed by atoms with Gasteiger partial charge in [0.05, 0.1) is 22.3 Å². The number of hydrogen-bond acceptors (Lipinski definition) is 9. The van der Waals surface area contributed by atoms with E-state index in [1.807, 2.05) is 0 Å². The second-order valence-corrected chi connectivity index (χ2v) is 10.9. The van der Waals surface area contributed by atoms with Gasteiger partial charge in [0.25, 0.3) is 11.6 Å². The van der Waals surface area contributed by atoms with Crippen molar-refractivity contribution in [3.63, 3.8) is 0 Å². The van der Waals surface area contributed by atoms with Crippen molar-refractivity contribution < 1.29 is 32.0 Å². The Kier molecular flexibility index (Phi) is 6.48. The monoisotopic (exact) mass is 571 g/mol. The summed E-state index contributed by atoms with van der Waals surface area (Å²) in [5, 5.41) is 12.8. The highest BCUT2D eigenvalue weighted by molar-refractivity contribution is 7.87. The van der Waals surface area contributed by atoms with Gasteiger partial charge in [-0.3, -0.25) is 24.5 Å². The fourth-order valence-corrected chi connectivity index (χ4v) is 5.99. The van der Waals surface area contributed by atoms with Crippen molar-refractivity contribution in [2.75, 3.05) is 9.96 Å². The van der Waals surface area contributed by atoms with Crippen LogP contribution in [0.1, 0.15) is 11.6 Å². The van der Waals surface area contributed by atoms with Crippen LogP contribution in [0.4, 0.5) is 17.1 Å². The van der Waals surface area contributed by atoms with Gasteiger partial charge in [0.1, 0.15) is 16.6 Å². The second kappa shape index (κ2) is 10.2. The molecule has 3 atom stereocenters. The number of nitro groups is 1. The lowest BCUT2D eigenvalue weighted by Crippen LogP contribution is -2.37. The van der Waals surface area contributed by atoms with Crippen LogP contribution < -0.4 is 14.1 Å². The Balaban J connectivity index is 1.37. The van der Waals surface area contributed by atoms with Gasteiger partial charge in [-0.05, 0) is 48.0 Å². The minimum Gasteiger partial charge on any atom is -0.379 e. The van der Waals surface area contributed by atoms with Gasteiger partial charge in [0.15, 0.2) is 6.10 Å². The summed E-state index contributed by atoms with van der Waals surface area (Å²) in [6.45, 7) is 0. The Morgan fingerprint density at radius 1 is 0.780 bits per heavy atom. The molecule has 0 aliphatic carbocycles. The van der Waals surface area contributed by atoms with Gasteiger partial charge >= 0.3 is 10.1 Å². The molecule has 2 aliphatic rings. The van der Waals surface area contributed by atoms with E-state index in [4.69, 9.17) is 9.02 Å². The summed E-state index contributed by atoms with van der Waals surface area (Å²) in [6.07, 6.45) is -1.18. The third kappa shape index (κ3) is 4.68. The van der Waals surface area contributed by atoms with Gasteiger partial charge < -0.3 is 4.18 Å². The van der Waals surface area contributed by atoms with Gasteiger partial charge in [-0.25, -0.2) is 9.96 Å². The minimum atomic E-state index is -4.08. The molecule has 2 amide bonds. The first-order chi connectivity index (χ1) is 19.7. The van der Waals surface area contributed by atoms with Crippen LogP contribution in [0, 0.1) is 16.0 Å². The summed E-state index contributed by atoms with van der Waals surface area (Å²) in [4.78, 5) is 45.2. The van der Waals surface area contributed by atoms with Gasteiger partial charge in [-0.2, -0.15) is 8.42 Å². The second-order valence-electron chi connectivity index (χ2n) is 9.37. The van der Waals surface area contributed by atoms with E-state index in [1.165, 1.54) is 47.5 Å². The summed E-state index contributed by atoms with van der Waals surface area (Å²) < 4.78 is 30.6. The molecule has 0 aromatic heterocycles. The minimum absolute atomic E-state index is 0.0102.